The number of carboxylic acids is 1. The van der Waals surface area contributed by atoms with E-state index in [0.717, 1.165) is 24.6 Å². The Morgan fingerprint density at radius 1 is 1.23 bits per heavy atom. The van der Waals surface area contributed by atoms with Crippen molar-refractivity contribution in [3.05, 3.63) is 51.0 Å². The molecule has 0 bridgehead atoms. The summed E-state index contributed by atoms with van der Waals surface area (Å²) in [7, 11) is 0. The van der Waals surface area contributed by atoms with E-state index in [-0.39, 0.29) is 0 Å². The molecule has 22 heavy (non-hydrogen) atoms. The summed E-state index contributed by atoms with van der Waals surface area (Å²) in [4.78, 5) is 18.3. The van der Waals surface area contributed by atoms with E-state index in [1.807, 2.05) is 6.07 Å². The second-order valence-electron chi connectivity index (χ2n) is 5.23. The summed E-state index contributed by atoms with van der Waals surface area (Å²) in [6.07, 6.45) is 0.691. The minimum absolute atomic E-state index is 0.344. The highest BCUT2D eigenvalue weighted by Gasteiger charge is 2.15. The number of aromatic nitrogens is 1. The largest absolute Gasteiger partial charge is 0.477 e. The summed E-state index contributed by atoms with van der Waals surface area (Å²) in [5.41, 5.74) is 3.12. The van der Waals surface area contributed by atoms with Crippen LogP contribution in [-0.4, -0.2) is 34.0 Å². The van der Waals surface area contributed by atoms with Gasteiger partial charge in [0.25, 0.3) is 0 Å². The normalized spacial score (nSPS) is 11.1. The van der Waals surface area contributed by atoms with Gasteiger partial charge >= 0.3 is 5.97 Å². The lowest BCUT2D eigenvalue weighted by Crippen LogP contribution is -2.22. The maximum atomic E-state index is 11.1. The van der Waals surface area contributed by atoms with E-state index in [4.69, 9.17) is 5.11 Å². The molecule has 1 aromatic heterocycles. The van der Waals surface area contributed by atoms with Gasteiger partial charge in [-0.25, -0.2) is 9.78 Å². The van der Waals surface area contributed by atoms with E-state index in [0.29, 0.717) is 17.0 Å². The first-order chi connectivity index (χ1) is 10.5. The van der Waals surface area contributed by atoms with E-state index in [1.54, 1.807) is 6.92 Å². The van der Waals surface area contributed by atoms with Crippen LogP contribution in [0.5, 0.6) is 0 Å². The fraction of sp³-hybridized carbons (Fsp3) is 0.412. The predicted octanol–water partition coefficient (Wildman–Crippen LogP) is 3.58. The van der Waals surface area contributed by atoms with Crippen molar-refractivity contribution >= 4 is 17.3 Å². The summed E-state index contributed by atoms with van der Waals surface area (Å²) < 4.78 is 0. The van der Waals surface area contributed by atoms with Crippen molar-refractivity contribution in [2.45, 2.75) is 33.7 Å². The lowest BCUT2D eigenvalue weighted by atomic mass is 10.0. The molecule has 0 saturated carbocycles. The van der Waals surface area contributed by atoms with Crippen LogP contribution in [0.25, 0.3) is 0 Å². The Hall–Kier alpha value is -1.72. The Bertz CT molecular complexity index is 648. The summed E-state index contributed by atoms with van der Waals surface area (Å²) in [6, 6.07) is 8.33. The molecule has 0 fully saturated rings. The molecule has 0 aliphatic carbocycles. The van der Waals surface area contributed by atoms with Gasteiger partial charge in [-0.15, -0.1) is 11.3 Å². The van der Waals surface area contributed by atoms with Gasteiger partial charge < -0.3 is 5.11 Å². The molecule has 0 atom stereocenters. The van der Waals surface area contributed by atoms with Crippen LogP contribution in [-0.2, 0) is 13.0 Å². The quantitative estimate of drug-likeness (QED) is 0.848. The van der Waals surface area contributed by atoms with Gasteiger partial charge in [-0.1, -0.05) is 38.1 Å². The first-order valence-electron chi connectivity index (χ1n) is 7.53. The van der Waals surface area contributed by atoms with Gasteiger partial charge in [0.15, 0.2) is 0 Å². The zero-order valence-corrected chi connectivity index (χ0v) is 14.1. The standard InChI is InChI=1S/C17H22N2O2S/c1-4-19(5-2)11-14-9-7-6-8-13(14)10-15-18-12(3)16(22-15)17(20)21/h6-9H,4-5,10-11H2,1-3H3,(H,20,21). The molecule has 0 aliphatic heterocycles. The maximum Gasteiger partial charge on any atom is 0.347 e. The number of aryl methyl sites for hydroxylation is 1. The highest BCUT2D eigenvalue weighted by atomic mass is 32.1. The van der Waals surface area contributed by atoms with Gasteiger partial charge in [0, 0.05) is 13.0 Å². The first kappa shape index (κ1) is 16.6. The molecule has 4 nitrogen and oxygen atoms in total. The van der Waals surface area contributed by atoms with Crippen LogP contribution in [0.1, 0.15) is 45.3 Å². The molecule has 0 unspecified atom stereocenters. The molecule has 2 rings (SSSR count). The molecule has 0 aliphatic rings. The fourth-order valence-corrected chi connectivity index (χ4v) is 3.39. The number of carbonyl (C=O) groups is 1. The highest BCUT2D eigenvalue weighted by molar-refractivity contribution is 7.13. The van der Waals surface area contributed by atoms with E-state index in [1.165, 1.54) is 22.5 Å². The molecule has 1 heterocycles. The smallest absolute Gasteiger partial charge is 0.347 e. The van der Waals surface area contributed by atoms with Crippen LogP contribution in [0.15, 0.2) is 24.3 Å². The lowest BCUT2D eigenvalue weighted by Gasteiger charge is -2.19. The van der Waals surface area contributed by atoms with Gasteiger partial charge in [-0.3, -0.25) is 4.90 Å². The SMILES string of the molecule is CCN(CC)Cc1ccccc1Cc1nc(C)c(C(=O)O)s1. The van der Waals surface area contributed by atoms with E-state index in [2.05, 4.69) is 41.9 Å². The number of hydrogen-bond acceptors (Lipinski definition) is 4. The van der Waals surface area contributed by atoms with E-state index >= 15 is 0 Å². The van der Waals surface area contributed by atoms with Gasteiger partial charge in [0.1, 0.15) is 4.88 Å². The lowest BCUT2D eigenvalue weighted by molar-refractivity contribution is 0.0701. The van der Waals surface area contributed by atoms with Crippen molar-refractivity contribution in [1.29, 1.82) is 0 Å². The number of nitrogens with zero attached hydrogens (tertiary/aromatic N) is 2. The van der Waals surface area contributed by atoms with Crippen LogP contribution in [0, 0.1) is 6.92 Å². The Morgan fingerprint density at radius 3 is 2.41 bits per heavy atom. The number of aromatic carboxylic acids is 1. The van der Waals surface area contributed by atoms with Crippen molar-refractivity contribution in [3.63, 3.8) is 0 Å². The summed E-state index contributed by atoms with van der Waals surface area (Å²) >= 11 is 1.28. The average molecular weight is 318 g/mol. The fourth-order valence-electron chi connectivity index (χ4n) is 2.46. The number of rotatable bonds is 7. The Morgan fingerprint density at radius 2 is 1.86 bits per heavy atom. The molecular formula is C17H22N2O2S. The van der Waals surface area contributed by atoms with Crippen molar-refractivity contribution in [2.75, 3.05) is 13.1 Å². The third-order valence-electron chi connectivity index (χ3n) is 3.78. The Labute approximate surface area is 135 Å². The minimum Gasteiger partial charge on any atom is -0.477 e. The molecule has 5 heteroatoms. The molecule has 118 valence electrons. The van der Waals surface area contributed by atoms with Crippen molar-refractivity contribution in [1.82, 2.24) is 9.88 Å². The Balaban J connectivity index is 2.22. The van der Waals surface area contributed by atoms with E-state index < -0.39 is 5.97 Å². The van der Waals surface area contributed by atoms with E-state index in [9.17, 15) is 4.79 Å². The second kappa shape index (κ2) is 7.51. The van der Waals surface area contributed by atoms with Crippen molar-refractivity contribution < 1.29 is 9.90 Å². The number of thiazole rings is 1. The van der Waals surface area contributed by atoms with Crippen LogP contribution in [0.2, 0.25) is 0 Å². The molecule has 1 N–H and O–H groups in total. The number of carboxylic acid groups (broad SMARTS) is 1. The van der Waals surface area contributed by atoms with Crippen LogP contribution >= 0.6 is 11.3 Å². The molecule has 0 radical (unpaired) electrons. The third kappa shape index (κ3) is 3.93. The molecule has 0 amide bonds. The molecule has 1 aromatic carbocycles. The van der Waals surface area contributed by atoms with Crippen LogP contribution < -0.4 is 0 Å². The summed E-state index contributed by atoms with van der Waals surface area (Å²) in [5.74, 6) is -0.891. The zero-order valence-electron chi connectivity index (χ0n) is 13.3. The predicted molar refractivity (Wildman–Crippen MR) is 89.7 cm³/mol. The molecule has 0 saturated heterocycles. The monoisotopic (exact) mass is 318 g/mol. The average Bonchev–Trinajstić information content (AvgIpc) is 2.87. The van der Waals surface area contributed by atoms with Crippen LogP contribution in [0.3, 0.4) is 0 Å². The minimum atomic E-state index is -0.891. The van der Waals surface area contributed by atoms with Crippen molar-refractivity contribution in [2.24, 2.45) is 0 Å². The highest BCUT2D eigenvalue weighted by Crippen LogP contribution is 2.23. The Kier molecular flexibility index (Phi) is 5.69. The maximum absolute atomic E-state index is 11.1. The number of benzene rings is 1. The first-order valence-corrected chi connectivity index (χ1v) is 8.35. The summed E-state index contributed by atoms with van der Waals surface area (Å²) in [5, 5.41) is 10.0. The second-order valence-corrected chi connectivity index (χ2v) is 6.32. The molecular weight excluding hydrogens is 296 g/mol. The number of hydrogen-bond donors (Lipinski definition) is 1. The van der Waals surface area contributed by atoms with Gasteiger partial charge in [0.2, 0.25) is 0 Å². The van der Waals surface area contributed by atoms with Gasteiger partial charge in [-0.2, -0.15) is 0 Å². The summed E-state index contributed by atoms with van der Waals surface area (Å²) in [6.45, 7) is 9.03. The van der Waals surface area contributed by atoms with Crippen molar-refractivity contribution in [3.8, 4) is 0 Å². The topological polar surface area (TPSA) is 53.4 Å². The van der Waals surface area contributed by atoms with Gasteiger partial charge in [-0.05, 0) is 31.1 Å². The third-order valence-corrected chi connectivity index (χ3v) is 4.93. The molecule has 0 spiro atoms. The van der Waals surface area contributed by atoms with Gasteiger partial charge in [0.05, 0.1) is 10.7 Å². The van der Waals surface area contributed by atoms with Crippen LogP contribution in [0.4, 0.5) is 0 Å². The molecule has 2 aromatic rings. The zero-order chi connectivity index (χ0) is 16.1.